The molecule has 1 heterocycles. The Labute approximate surface area is 148 Å². The molecule has 0 amide bonds. The predicted octanol–water partition coefficient (Wildman–Crippen LogP) is 5.69. The number of hydrogen-bond donors (Lipinski definition) is 1. The molecule has 0 bridgehead atoms. The summed E-state index contributed by atoms with van der Waals surface area (Å²) in [5, 5.41) is 5.85. The molecule has 0 saturated heterocycles. The zero-order valence-electron chi connectivity index (χ0n) is 14.7. The maximum Gasteiger partial charge on any atom is 0.148 e. The van der Waals surface area contributed by atoms with E-state index < -0.39 is 0 Å². The molecule has 0 aliphatic carbocycles. The minimum absolute atomic E-state index is 0.839. The zero-order chi connectivity index (χ0) is 17.4. The fraction of sp³-hybridized carbons (Fsp3) is 0.136. The highest BCUT2D eigenvalue weighted by molar-refractivity contribution is 5.86. The molecule has 1 N–H and O–H groups in total. The van der Waals surface area contributed by atoms with Crippen molar-refractivity contribution in [1.82, 2.24) is 9.55 Å². The Morgan fingerprint density at radius 1 is 0.840 bits per heavy atom. The monoisotopic (exact) mass is 327 g/mol. The Hall–Kier alpha value is -3.07. The lowest BCUT2D eigenvalue weighted by molar-refractivity contribution is 1.04. The van der Waals surface area contributed by atoms with Crippen molar-refractivity contribution in [3.63, 3.8) is 0 Å². The van der Waals surface area contributed by atoms with E-state index in [9.17, 15) is 0 Å². The maximum absolute atomic E-state index is 4.50. The van der Waals surface area contributed by atoms with Crippen LogP contribution in [0.4, 0.5) is 11.5 Å². The van der Waals surface area contributed by atoms with E-state index in [1.54, 1.807) is 0 Å². The van der Waals surface area contributed by atoms with Crippen molar-refractivity contribution in [2.45, 2.75) is 20.8 Å². The standard InChI is InChI=1S/C22H21N3/c1-15-10-21(11-16(2)17(15)3)25-13-22(23-14-25)24-20-9-8-18-6-4-5-7-19(18)12-20/h4-14,24H,1-3H3. The van der Waals surface area contributed by atoms with Crippen LogP contribution in [-0.2, 0) is 0 Å². The SMILES string of the molecule is Cc1cc(-n2cnc(Nc3ccc4ccccc4c3)c2)cc(C)c1C. The molecule has 124 valence electrons. The van der Waals surface area contributed by atoms with Crippen LogP contribution < -0.4 is 5.32 Å². The van der Waals surface area contributed by atoms with E-state index in [1.165, 1.54) is 27.5 Å². The van der Waals surface area contributed by atoms with E-state index in [4.69, 9.17) is 0 Å². The molecule has 3 aromatic carbocycles. The van der Waals surface area contributed by atoms with E-state index >= 15 is 0 Å². The third-order valence-electron chi connectivity index (χ3n) is 4.81. The lowest BCUT2D eigenvalue weighted by atomic mass is 10.0. The van der Waals surface area contributed by atoms with Crippen LogP contribution in [0.2, 0.25) is 0 Å². The second kappa shape index (κ2) is 6.10. The number of nitrogens with zero attached hydrogens (tertiary/aromatic N) is 2. The van der Waals surface area contributed by atoms with Crippen LogP contribution in [0.25, 0.3) is 16.5 Å². The second-order valence-electron chi connectivity index (χ2n) is 6.56. The molecule has 25 heavy (non-hydrogen) atoms. The smallest absolute Gasteiger partial charge is 0.148 e. The van der Waals surface area contributed by atoms with Crippen molar-refractivity contribution in [3.8, 4) is 5.69 Å². The topological polar surface area (TPSA) is 29.9 Å². The van der Waals surface area contributed by atoms with Crippen molar-refractivity contribution < 1.29 is 0 Å². The summed E-state index contributed by atoms with van der Waals surface area (Å²) in [5.74, 6) is 0.839. The lowest BCUT2D eigenvalue weighted by Crippen LogP contribution is -1.95. The van der Waals surface area contributed by atoms with Crippen LogP contribution in [-0.4, -0.2) is 9.55 Å². The van der Waals surface area contributed by atoms with E-state index in [0.717, 1.165) is 17.2 Å². The summed E-state index contributed by atoms with van der Waals surface area (Å²) in [5.41, 5.74) is 6.12. The number of aryl methyl sites for hydroxylation is 2. The van der Waals surface area contributed by atoms with E-state index in [-0.39, 0.29) is 0 Å². The Morgan fingerprint density at radius 2 is 1.56 bits per heavy atom. The van der Waals surface area contributed by atoms with Gasteiger partial charge in [0, 0.05) is 11.4 Å². The molecule has 0 saturated carbocycles. The molecule has 4 rings (SSSR count). The number of anilines is 2. The van der Waals surface area contributed by atoms with Gasteiger partial charge >= 0.3 is 0 Å². The fourth-order valence-corrected chi connectivity index (χ4v) is 3.11. The van der Waals surface area contributed by atoms with Gasteiger partial charge in [-0.15, -0.1) is 0 Å². The van der Waals surface area contributed by atoms with Gasteiger partial charge in [-0.25, -0.2) is 4.98 Å². The van der Waals surface area contributed by atoms with Crippen LogP contribution in [0.5, 0.6) is 0 Å². The van der Waals surface area contributed by atoms with Gasteiger partial charge in [0.05, 0.1) is 6.20 Å². The third kappa shape index (κ3) is 3.01. The van der Waals surface area contributed by atoms with E-state index in [0.29, 0.717) is 0 Å². The highest BCUT2D eigenvalue weighted by atomic mass is 15.1. The zero-order valence-corrected chi connectivity index (χ0v) is 14.7. The second-order valence-corrected chi connectivity index (χ2v) is 6.56. The van der Waals surface area contributed by atoms with Gasteiger partial charge < -0.3 is 9.88 Å². The van der Waals surface area contributed by atoms with Gasteiger partial charge in [-0.1, -0.05) is 30.3 Å². The largest absolute Gasteiger partial charge is 0.339 e. The lowest BCUT2D eigenvalue weighted by Gasteiger charge is -2.09. The molecule has 3 nitrogen and oxygen atoms in total. The van der Waals surface area contributed by atoms with Gasteiger partial charge in [0.15, 0.2) is 0 Å². The minimum atomic E-state index is 0.839. The first-order valence-electron chi connectivity index (χ1n) is 8.48. The molecule has 0 fully saturated rings. The molecule has 3 heteroatoms. The molecule has 0 atom stereocenters. The first-order valence-corrected chi connectivity index (χ1v) is 8.48. The number of rotatable bonds is 3. The first kappa shape index (κ1) is 15.5. The van der Waals surface area contributed by atoms with Gasteiger partial charge in [-0.2, -0.15) is 0 Å². The average molecular weight is 327 g/mol. The van der Waals surface area contributed by atoms with Gasteiger partial charge in [-0.3, -0.25) is 0 Å². The van der Waals surface area contributed by atoms with E-state index in [2.05, 4.69) is 90.2 Å². The van der Waals surface area contributed by atoms with Crippen molar-refractivity contribution in [2.75, 3.05) is 5.32 Å². The minimum Gasteiger partial charge on any atom is -0.339 e. The van der Waals surface area contributed by atoms with Crippen LogP contribution in [0.1, 0.15) is 16.7 Å². The number of aromatic nitrogens is 2. The quantitative estimate of drug-likeness (QED) is 0.523. The third-order valence-corrected chi connectivity index (χ3v) is 4.81. The predicted molar refractivity (Wildman–Crippen MR) is 105 cm³/mol. The van der Waals surface area contributed by atoms with Crippen molar-refractivity contribution in [1.29, 1.82) is 0 Å². The summed E-state index contributed by atoms with van der Waals surface area (Å²) in [6.45, 7) is 6.46. The molecule has 0 aliphatic heterocycles. The van der Waals surface area contributed by atoms with Crippen LogP contribution >= 0.6 is 0 Å². The number of fused-ring (bicyclic) bond motifs is 1. The summed E-state index contributed by atoms with van der Waals surface area (Å²) in [7, 11) is 0. The number of hydrogen-bond acceptors (Lipinski definition) is 2. The molecular weight excluding hydrogens is 306 g/mol. The van der Waals surface area contributed by atoms with Crippen LogP contribution in [0.15, 0.2) is 67.1 Å². The van der Waals surface area contributed by atoms with Crippen molar-refractivity contribution in [3.05, 3.63) is 83.8 Å². The molecule has 0 aliphatic rings. The van der Waals surface area contributed by atoms with Crippen molar-refractivity contribution >= 4 is 22.3 Å². The Kier molecular flexibility index (Phi) is 3.77. The molecule has 1 aromatic heterocycles. The summed E-state index contributed by atoms with van der Waals surface area (Å²) < 4.78 is 2.06. The van der Waals surface area contributed by atoms with E-state index in [1.807, 2.05) is 12.5 Å². The summed E-state index contributed by atoms with van der Waals surface area (Å²) in [6, 6.07) is 19.1. The molecule has 4 aromatic rings. The van der Waals surface area contributed by atoms with Crippen LogP contribution in [0, 0.1) is 20.8 Å². The fourth-order valence-electron chi connectivity index (χ4n) is 3.11. The van der Waals surface area contributed by atoms with Gasteiger partial charge in [-0.05, 0) is 72.5 Å². The number of nitrogens with one attached hydrogen (secondary N) is 1. The highest BCUT2D eigenvalue weighted by Gasteiger charge is 2.05. The van der Waals surface area contributed by atoms with Gasteiger partial charge in [0.1, 0.15) is 12.1 Å². The Balaban J connectivity index is 1.62. The summed E-state index contributed by atoms with van der Waals surface area (Å²) in [4.78, 5) is 4.50. The van der Waals surface area contributed by atoms with Crippen LogP contribution in [0.3, 0.4) is 0 Å². The first-order chi connectivity index (χ1) is 12.1. The Morgan fingerprint density at radius 3 is 2.32 bits per heavy atom. The number of imidazole rings is 1. The molecule has 0 spiro atoms. The Bertz CT molecular complexity index is 1040. The molecule has 0 radical (unpaired) electrons. The average Bonchev–Trinajstić information content (AvgIpc) is 3.07. The number of benzene rings is 3. The summed E-state index contributed by atoms with van der Waals surface area (Å²) >= 11 is 0. The molecular formula is C22H21N3. The summed E-state index contributed by atoms with van der Waals surface area (Å²) in [6.07, 6.45) is 3.88. The van der Waals surface area contributed by atoms with Gasteiger partial charge in [0.2, 0.25) is 0 Å². The van der Waals surface area contributed by atoms with Gasteiger partial charge in [0.25, 0.3) is 0 Å². The molecule has 0 unspecified atom stereocenters. The highest BCUT2D eigenvalue weighted by Crippen LogP contribution is 2.23. The normalized spacial score (nSPS) is 11.0. The van der Waals surface area contributed by atoms with Crippen molar-refractivity contribution in [2.24, 2.45) is 0 Å². The maximum atomic E-state index is 4.50.